The van der Waals surface area contributed by atoms with E-state index in [0.717, 1.165) is 24.2 Å². The quantitative estimate of drug-likeness (QED) is 0.391. The van der Waals surface area contributed by atoms with Crippen molar-refractivity contribution >= 4 is 46.3 Å². The summed E-state index contributed by atoms with van der Waals surface area (Å²) < 4.78 is 10.9. The molecule has 5 nitrogen and oxygen atoms in total. The Bertz CT molecular complexity index is 670. The van der Waals surface area contributed by atoms with Crippen LogP contribution in [0.1, 0.15) is 32.3 Å². The van der Waals surface area contributed by atoms with Crippen molar-refractivity contribution in [3.63, 3.8) is 0 Å². The highest BCUT2D eigenvalue weighted by molar-refractivity contribution is 8.26. The Labute approximate surface area is 157 Å². The molecule has 1 aliphatic rings. The predicted molar refractivity (Wildman–Crippen MR) is 103 cm³/mol. The molecule has 1 heterocycles. The van der Waals surface area contributed by atoms with E-state index in [9.17, 15) is 9.59 Å². The van der Waals surface area contributed by atoms with E-state index < -0.39 is 5.97 Å². The van der Waals surface area contributed by atoms with E-state index in [2.05, 4.69) is 0 Å². The summed E-state index contributed by atoms with van der Waals surface area (Å²) in [6, 6.07) is 7.49. The number of thioether (sulfide) groups is 1. The molecule has 0 unspecified atom stereocenters. The molecule has 7 heteroatoms. The summed E-state index contributed by atoms with van der Waals surface area (Å²) in [5.41, 5.74) is 0.873. The van der Waals surface area contributed by atoms with E-state index in [1.807, 2.05) is 38.1 Å². The fraction of sp³-hybridized carbons (Fsp3) is 0.389. The smallest absolute Gasteiger partial charge is 0.326 e. The number of carbonyl (C=O) groups excluding carboxylic acids is 2. The second-order valence-corrected chi connectivity index (χ2v) is 7.08. The average Bonchev–Trinajstić information content (AvgIpc) is 2.87. The Balaban J connectivity index is 2.02. The van der Waals surface area contributed by atoms with Crippen LogP contribution in [0.5, 0.6) is 5.75 Å². The molecule has 1 fully saturated rings. The van der Waals surface area contributed by atoms with Crippen molar-refractivity contribution in [3.05, 3.63) is 34.7 Å². The number of ether oxygens (including phenoxy) is 2. The fourth-order valence-corrected chi connectivity index (χ4v) is 3.31. The van der Waals surface area contributed by atoms with Crippen molar-refractivity contribution in [2.75, 3.05) is 19.8 Å². The van der Waals surface area contributed by atoms with Crippen molar-refractivity contribution in [1.82, 2.24) is 4.90 Å². The third-order valence-electron chi connectivity index (χ3n) is 3.28. The lowest BCUT2D eigenvalue weighted by Gasteiger charge is -2.13. The van der Waals surface area contributed by atoms with Gasteiger partial charge < -0.3 is 9.47 Å². The van der Waals surface area contributed by atoms with E-state index in [4.69, 9.17) is 21.7 Å². The Morgan fingerprint density at radius 1 is 1.20 bits per heavy atom. The summed E-state index contributed by atoms with van der Waals surface area (Å²) in [5.74, 6) is 0.0804. The number of rotatable bonds is 8. The van der Waals surface area contributed by atoms with Crippen LogP contribution in [0.25, 0.3) is 6.08 Å². The van der Waals surface area contributed by atoms with Crippen LogP contribution in [-0.2, 0) is 14.3 Å². The minimum absolute atomic E-state index is 0.147. The third-order valence-corrected chi connectivity index (χ3v) is 4.66. The number of benzene rings is 1. The normalized spacial score (nSPS) is 15.8. The molecule has 0 radical (unpaired) electrons. The van der Waals surface area contributed by atoms with Crippen LogP contribution in [0.15, 0.2) is 29.2 Å². The monoisotopic (exact) mass is 379 g/mol. The Kier molecular flexibility index (Phi) is 7.46. The summed E-state index contributed by atoms with van der Waals surface area (Å²) in [7, 11) is 0. The van der Waals surface area contributed by atoms with Gasteiger partial charge in [-0.2, -0.15) is 0 Å². The van der Waals surface area contributed by atoms with Gasteiger partial charge in [0.2, 0.25) is 0 Å². The molecule has 0 N–H and O–H groups in total. The number of amides is 1. The van der Waals surface area contributed by atoms with Crippen LogP contribution >= 0.6 is 24.0 Å². The van der Waals surface area contributed by atoms with Gasteiger partial charge >= 0.3 is 5.97 Å². The summed E-state index contributed by atoms with van der Waals surface area (Å²) >= 11 is 6.40. The fourth-order valence-electron chi connectivity index (χ4n) is 2.06. The molecule has 1 saturated heterocycles. The summed E-state index contributed by atoms with van der Waals surface area (Å²) in [6.07, 6.45) is 3.45. The molecule has 0 aliphatic carbocycles. The van der Waals surface area contributed by atoms with Crippen LogP contribution < -0.4 is 4.74 Å². The second-order valence-electron chi connectivity index (χ2n) is 5.41. The van der Waals surface area contributed by atoms with E-state index in [-0.39, 0.29) is 12.5 Å². The molecule has 1 aromatic carbocycles. The van der Waals surface area contributed by atoms with Crippen LogP contribution in [0, 0.1) is 0 Å². The number of esters is 1. The second kappa shape index (κ2) is 9.58. The van der Waals surface area contributed by atoms with Crippen LogP contribution in [0.3, 0.4) is 0 Å². The van der Waals surface area contributed by atoms with E-state index in [1.165, 1.54) is 16.7 Å². The largest absolute Gasteiger partial charge is 0.494 e. The zero-order valence-corrected chi connectivity index (χ0v) is 16.0. The maximum Gasteiger partial charge on any atom is 0.326 e. The highest BCUT2D eigenvalue weighted by Gasteiger charge is 2.33. The first-order valence-electron chi connectivity index (χ1n) is 8.19. The minimum Gasteiger partial charge on any atom is -0.494 e. The molecule has 134 valence electrons. The van der Waals surface area contributed by atoms with Gasteiger partial charge in [0.05, 0.1) is 18.1 Å². The number of hydrogen-bond donors (Lipinski definition) is 0. The van der Waals surface area contributed by atoms with Crippen molar-refractivity contribution < 1.29 is 19.1 Å². The van der Waals surface area contributed by atoms with Gasteiger partial charge in [-0.3, -0.25) is 14.5 Å². The number of hydrogen-bond acceptors (Lipinski definition) is 6. The zero-order valence-electron chi connectivity index (χ0n) is 14.3. The summed E-state index contributed by atoms with van der Waals surface area (Å²) in [5, 5.41) is 0. The van der Waals surface area contributed by atoms with Gasteiger partial charge in [0.1, 0.15) is 16.6 Å². The van der Waals surface area contributed by atoms with Gasteiger partial charge in [0.25, 0.3) is 5.91 Å². The molecule has 0 atom stereocenters. The number of carbonyl (C=O) groups is 2. The van der Waals surface area contributed by atoms with Crippen molar-refractivity contribution in [1.29, 1.82) is 0 Å². The molecule has 1 amide bonds. The Morgan fingerprint density at radius 3 is 2.52 bits per heavy atom. The van der Waals surface area contributed by atoms with Crippen molar-refractivity contribution in [3.8, 4) is 5.75 Å². The Morgan fingerprint density at radius 2 is 1.88 bits per heavy atom. The SMILES string of the molecule is CCCOC(=O)CN1C(=O)/C(=C/c2ccc(OCCC)cc2)SC1=S. The van der Waals surface area contributed by atoms with E-state index in [1.54, 1.807) is 6.08 Å². The molecule has 2 rings (SSSR count). The van der Waals surface area contributed by atoms with Crippen LogP contribution in [-0.4, -0.2) is 40.9 Å². The highest BCUT2D eigenvalue weighted by Crippen LogP contribution is 2.32. The topological polar surface area (TPSA) is 55.8 Å². The standard InChI is InChI=1S/C18H21NO4S2/c1-3-9-22-14-7-5-13(6-8-14)11-15-17(21)19(18(24)25-15)12-16(20)23-10-4-2/h5-8,11H,3-4,9-10,12H2,1-2H3/b15-11-. The van der Waals surface area contributed by atoms with Crippen molar-refractivity contribution in [2.24, 2.45) is 0 Å². The van der Waals surface area contributed by atoms with Gasteiger partial charge in [-0.25, -0.2) is 0 Å². The number of nitrogens with zero attached hydrogens (tertiary/aromatic N) is 1. The van der Waals surface area contributed by atoms with E-state index >= 15 is 0 Å². The third kappa shape index (κ3) is 5.57. The molecule has 0 bridgehead atoms. The maximum atomic E-state index is 12.5. The molecule has 25 heavy (non-hydrogen) atoms. The molecule has 0 aromatic heterocycles. The first kappa shape index (κ1) is 19.5. The number of thiocarbonyl (C=S) groups is 1. The molecule has 1 aliphatic heterocycles. The molecular formula is C18H21NO4S2. The lowest BCUT2D eigenvalue weighted by molar-refractivity contribution is -0.146. The lowest BCUT2D eigenvalue weighted by Crippen LogP contribution is -2.34. The molecular weight excluding hydrogens is 358 g/mol. The maximum absolute atomic E-state index is 12.5. The summed E-state index contributed by atoms with van der Waals surface area (Å²) in [6.45, 7) is 4.83. The molecule has 0 saturated carbocycles. The Hall–Kier alpha value is -1.86. The minimum atomic E-state index is -0.447. The van der Waals surface area contributed by atoms with Gasteiger partial charge in [0.15, 0.2) is 0 Å². The molecule has 1 aromatic rings. The zero-order chi connectivity index (χ0) is 18.2. The predicted octanol–water partition coefficient (Wildman–Crippen LogP) is 3.63. The van der Waals surface area contributed by atoms with Crippen molar-refractivity contribution in [2.45, 2.75) is 26.7 Å². The average molecular weight is 380 g/mol. The van der Waals surface area contributed by atoms with Crippen LogP contribution in [0.2, 0.25) is 0 Å². The lowest BCUT2D eigenvalue weighted by atomic mass is 10.2. The summed E-state index contributed by atoms with van der Waals surface area (Å²) in [4.78, 5) is 26.0. The van der Waals surface area contributed by atoms with Gasteiger partial charge in [0, 0.05) is 0 Å². The molecule has 0 spiro atoms. The van der Waals surface area contributed by atoms with Gasteiger partial charge in [-0.1, -0.05) is 50.0 Å². The van der Waals surface area contributed by atoms with Crippen LogP contribution in [0.4, 0.5) is 0 Å². The van der Waals surface area contributed by atoms with E-state index in [0.29, 0.717) is 22.4 Å². The van der Waals surface area contributed by atoms with Gasteiger partial charge in [-0.05, 0) is 36.6 Å². The first-order chi connectivity index (χ1) is 12.0. The van der Waals surface area contributed by atoms with Gasteiger partial charge in [-0.15, -0.1) is 0 Å². The highest BCUT2D eigenvalue weighted by atomic mass is 32.2. The first-order valence-corrected chi connectivity index (χ1v) is 9.41.